The molecule has 0 atom stereocenters. The van der Waals surface area contributed by atoms with E-state index in [-0.39, 0.29) is 16.5 Å². The van der Waals surface area contributed by atoms with E-state index in [9.17, 15) is 8.42 Å². The molecule has 1 heterocycles. The van der Waals surface area contributed by atoms with E-state index in [4.69, 9.17) is 16.3 Å². The van der Waals surface area contributed by atoms with Crippen LogP contribution < -0.4 is 10.0 Å². The smallest absolute Gasteiger partial charge is 0.242 e. The van der Waals surface area contributed by atoms with Gasteiger partial charge in [0, 0.05) is 25.9 Å². The molecule has 0 aromatic carbocycles. The number of hydrogen-bond donors (Lipinski definition) is 2. The van der Waals surface area contributed by atoms with E-state index in [0.717, 1.165) is 0 Å². The quantitative estimate of drug-likeness (QED) is 0.676. The number of sulfonamides is 1. The molecule has 0 unspecified atom stereocenters. The molecule has 0 aliphatic heterocycles. The van der Waals surface area contributed by atoms with Gasteiger partial charge in [-0.3, -0.25) is 0 Å². The first-order valence-electron chi connectivity index (χ1n) is 6.83. The van der Waals surface area contributed by atoms with Crippen molar-refractivity contribution in [2.45, 2.75) is 25.7 Å². The summed E-state index contributed by atoms with van der Waals surface area (Å²) in [6.07, 6.45) is 1.28. The van der Waals surface area contributed by atoms with E-state index in [1.165, 1.54) is 12.3 Å². The van der Waals surface area contributed by atoms with Crippen LogP contribution in [0.15, 0.2) is 17.2 Å². The van der Waals surface area contributed by atoms with E-state index < -0.39 is 10.0 Å². The van der Waals surface area contributed by atoms with Crippen LogP contribution in [-0.4, -0.2) is 39.7 Å². The summed E-state index contributed by atoms with van der Waals surface area (Å²) in [6, 6.07) is 1.38. The third-order valence-corrected chi connectivity index (χ3v) is 4.18. The lowest BCUT2D eigenvalue weighted by Crippen LogP contribution is -2.28. The van der Waals surface area contributed by atoms with E-state index >= 15 is 0 Å². The number of ether oxygens (including phenoxy) is 1. The first-order valence-corrected chi connectivity index (χ1v) is 8.69. The second kappa shape index (κ2) is 8.53. The summed E-state index contributed by atoms with van der Waals surface area (Å²) >= 11 is 5.99. The SMILES string of the molecule is CCNc1ncc(S(=O)(=O)NCCOCC(C)C)cc1Cl. The molecule has 0 saturated heterocycles. The number of nitrogens with zero attached hydrogens (tertiary/aromatic N) is 1. The maximum absolute atomic E-state index is 12.1. The highest BCUT2D eigenvalue weighted by atomic mass is 35.5. The molecular formula is C13H22ClN3O3S. The highest BCUT2D eigenvalue weighted by Crippen LogP contribution is 2.22. The fraction of sp³-hybridized carbons (Fsp3) is 0.615. The van der Waals surface area contributed by atoms with Crippen LogP contribution in [-0.2, 0) is 14.8 Å². The molecule has 0 radical (unpaired) electrons. The lowest BCUT2D eigenvalue weighted by molar-refractivity contribution is 0.114. The van der Waals surface area contributed by atoms with Crippen molar-refractivity contribution < 1.29 is 13.2 Å². The van der Waals surface area contributed by atoms with Crippen molar-refractivity contribution in [2.75, 3.05) is 31.6 Å². The number of anilines is 1. The summed E-state index contributed by atoms with van der Waals surface area (Å²) in [7, 11) is -3.62. The van der Waals surface area contributed by atoms with Crippen LogP contribution in [0.3, 0.4) is 0 Å². The van der Waals surface area contributed by atoms with Gasteiger partial charge in [0.15, 0.2) is 0 Å². The molecular weight excluding hydrogens is 314 g/mol. The van der Waals surface area contributed by atoms with Gasteiger partial charge in [0.05, 0.1) is 11.6 Å². The minimum atomic E-state index is -3.62. The average Bonchev–Trinajstić information content (AvgIpc) is 2.40. The largest absolute Gasteiger partial charge is 0.380 e. The van der Waals surface area contributed by atoms with Gasteiger partial charge in [-0.2, -0.15) is 0 Å². The van der Waals surface area contributed by atoms with Crippen molar-refractivity contribution in [1.82, 2.24) is 9.71 Å². The summed E-state index contributed by atoms with van der Waals surface area (Å²) < 4.78 is 31.9. The van der Waals surface area contributed by atoms with Crippen LogP contribution in [0.25, 0.3) is 0 Å². The Bertz CT molecular complexity index is 550. The molecule has 2 N–H and O–H groups in total. The Kier molecular flexibility index (Phi) is 7.37. The van der Waals surface area contributed by atoms with Gasteiger partial charge in [-0.25, -0.2) is 18.1 Å². The minimum Gasteiger partial charge on any atom is -0.380 e. The molecule has 0 spiro atoms. The number of pyridine rings is 1. The van der Waals surface area contributed by atoms with Gasteiger partial charge in [-0.1, -0.05) is 25.4 Å². The van der Waals surface area contributed by atoms with Crippen LogP contribution in [0.4, 0.5) is 5.82 Å². The van der Waals surface area contributed by atoms with E-state index in [2.05, 4.69) is 15.0 Å². The van der Waals surface area contributed by atoms with E-state index in [1.807, 2.05) is 20.8 Å². The molecule has 21 heavy (non-hydrogen) atoms. The number of nitrogens with one attached hydrogen (secondary N) is 2. The zero-order valence-corrected chi connectivity index (χ0v) is 14.1. The minimum absolute atomic E-state index is 0.0398. The van der Waals surface area contributed by atoms with Gasteiger partial charge in [0.25, 0.3) is 0 Å². The first kappa shape index (κ1) is 18.2. The van der Waals surface area contributed by atoms with Gasteiger partial charge in [-0.05, 0) is 18.9 Å². The Labute approximate surface area is 131 Å². The fourth-order valence-corrected chi connectivity index (χ4v) is 2.80. The van der Waals surface area contributed by atoms with Crippen LogP contribution in [0.2, 0.25) is 5.02 Å². The molecule has 0 aliphatic rings. The number of hydrogen-bond acceptors (Lipinski definition) is 5. The first-order chi connectivity index (χ1) is 9.86. The Morgan fingerprint density at radius 1 is 1.43 bits per heavy atom. The number of rotatable bonds is 9. The van der Waals surface area contributed by atoms with Crippen molar-refractivity contribution in [3.63, 3.8) is 0 Å². The highest BCUT2D eigenvalue weighted by molar-refractivity contribution is 7.89. The normalized spacial score (nSPS) is 11.9. The van der Waals surface area contributed by atoms with Crippen molar-refractivity contribution >= 4 is 27.4 Å². The monoisotopic (exact) mass is 335 g/mol. The summed E-state index contributed by atoms with van der Waals surface area (Å²) in [6.45, 7) is 7.77. The fourth-order valence-electron chi connectivity index (χ4n) is 1.52. The second-order valence-corrected chi connectivity index (χ2v) is 7.07. The van der Waals surface area contributed by atoms with Gasteiger partial charge < -0.3 is 10.1 Å². The molecule has 120 valence electrons. The lowest BCUT2D eigenvalue weighted by Gasteiger charge is -2.10. The Balaban J connectivity index is 2.60. The summed E-state index contributed by atoms with van der Waals surface area (Å²) in [5.74, 6) is 0.890. The third-order valence-electron chi connectivity index (χ3n) is 2.46. The summed E-state index contributed by atoms with van der Waals surface area (Å²) in [5.41, 5.74) is 0. The standard InChI is InChI=1S/C13H22ClN3O3S/c1-4-15-13-12(14)7-11(8-16-13)21(18,19)17-5-6-20-9-10(2)3/h7-8,10,17H,4-6,9H2,1-3H3,(H,15,16). The van der Waals surface area contributed by atoms with Gasteiger partial charge in [0.1, 0.15) is 10.7 Å². The zero-order valence-electron chi connectivity index (χ0n) is 12.5. The molecule has 0 fully saturated rings. The molecule has 8 heteroatoms. The van der Waals surface area contributed by atoms with Crippen LogP contribution in [0, 0.1) is 5.92 Å². The van der Waals surface area contributed by atoms with Crippen LogP contribution in [0.5, 0.6) is 0 Å². The molecule has 1 aromatic heterocycles. The Morgan fingerprint density at radius 3 is 2.71 bits per heavy atom. The maximum Gasteiger partial charge on any atom is 0.242 e. The Morgan fingerprint density at radius 2 is 2.14 bits per heavy atom. The predicted octanol–water partition coefficient (Wildman–Crippen LogP) is 2.12. The van der Waals surface area contributed by atoms with Gasteiger partial charge in [0.2, 0.25) is 10.0 Å². The van der Waals surface area contributed by atoms with Crippen molar-refractivity contribution in [3.8, 4) is 0 Å². The molecule has 0 bridgehead atoms. The summed E-state index contributed by atoms with van der Waals surface area (Å²) in [4.78, 5) is 4.05. The van der Waals surface area contributed by atoms with E-state index in [1.54, 1.807) is 0 Å². The topological polar surface area (TPSA) is 80.3 Å². The van der Waals surface area contributed by atoms with Crippen LogP contribution >= 0.6 is 11.6 Å². The molecule has 0 saturated carbocycles. The highest BCUT2D eigenvalue weighted by Gasteiger charge is 2.16. The van der Waals surface area contributed by atoms with Crippen molar-refractivity contribution in [2.24, 2.45) is 5.92 Å². The van der Waals surface area contributed by atoms with Crippen molar-refractivity contribution in [3.05, 3.63) is 17.3 Å². The maximum atomic E-state index is 12.1. The van der Waals surface area contributed by atoms with Crippen molar-refractivity contribution in [1.29, 1.82) is 0 Å². The third kappa shape index (κ3) is 6.17. The zero-order chi connectivity index (χ0) is 15.9. The molecule has 1 rings (SSSR count). The van der Waals surface area contributed by atoms with Gasteiger partial charge >= 0.3 is 0 Å². The number of aromatic nitrogens is 1. The second-order valence-electron chi connectivity index (χ2n) is 4.90. The summed E-state index contributed by atoms with van der Waals surface area (Å²) in [5, 5.41) is 3.22. The van der Waals surface area contributed by atoms with Gasteiger partial charge in [-0.15, -0.1) is 0 Å². The Hall–Kier alpha value is -0.890. The predicted molar refractivity (Wildman–Crippen MR) is 84.3 cm³/mol. The average molecular weight is 336 g/mol. The molecule has 6 nitrogen and oxygen atoms in total. The number of halogens is 1. The molecule has 1 aromatic rings. The van der Waals surface area contributed by atoms with Crippen LogP contribution in [0.1, 0.15) is 20.8 Å². The molecule has 0 amide bonds. The molecule has 0 aliphatic carbocycles. The van der Waals surface area contributed by atoms with E-state index in [0.29, 0.717) is 31.5 Å². The lowest BCUT2D eigenvalue weighted by atomic mass is 10.2.